The van der Waals surface area contributed by atoms with E-state index >= 15 is 0 Å². The zero-order valence-corrected chi connectivity index (χ0v) is 12.4. The fraction of sp³-hybridized carbons (Fsp3) is 1.00. The van der Waals surface area contributed by atoms with Crippen LogP contribution in [-0.2, 0) is 4.74 Å². The minimum Gasteiger partial charge on any atom is -0.378 e. The van der Waals surface area contributed by atoms with Crippen molar-refractivity contribution in [3.8, 4) is 0 Å². The lowest BCUT2D eigenvalue weighted by atomic mass is 9.74. The van der Waals surface area contributed by atoms with Gasteiger partial charge in [-0.2, -0.15) is 0 Å². The molecule has 20 heavy (non-hydrogen) atoms. The Hall–Kier alpha value is -0.160. The molecule has 5 atom stereocenters. The van der Waals surface area contributed by atoms with Crippen molar-refractivity contribution in [1.82, 2.24) is 16.0 Å². The molecule has 4 aliphatic rings. The zero-order valence-electron chi connectivity index (χ0n) is 12.4. The highest BCUT2D eigenvalue weighted by Gasteiger charge is 2.44. The summed E-state index contributed by atoms with van der Waals surface area (Å²) in [5, 5.41) is 11.3. The molecule has 4 rings (SSSR count). The molecule has 0 aromatic carbocycles. The van der Waals surface area contributed by atoms with Crippen molar-refractivity contribution in [2.24, 2.45) is 11.8 Å². The molecular formula is C16H29N3O. The quantitative estimate of drug-likeness (QED) is 0.718. The number of ether oxygens (including phenoxy) is 1. The second-order valence-corrected chi connectivity index (χ2v) is 7.26. The predicted octanol–water partition coefficient (Wildman–Crippen LogP) is 1.57. The molecule has 2 saturated heterocycles. The van der Waals surface area contributed by atoms with E-state index in [-0.39, 0.29) is 0 Å². The second kappa shape index (κ2) is 5.91. The average Bonchev–Trinajstić information content (AvgIpc) is 2.94. The summed E-state index contributed by atoms with van der Waals surface area (Å²) in [7, 11) is 0. The summed E-state index contributed by atoms with van der Waals surface area (Å²) in [4.78, 5) is 0. The third-order valence-electron chi connectivity index (χ3n) is 6.06. The first-order chi connectivity index (χ1) is 9.90. The third kappa shape index (κ3) is 2.63. The van der Waals surface area contributed by atoms with Crippen LogP contribution in [0.5, 0.6) is 0 Å². The molecular weight excluding hydrogens is 250 g/mol. The van der Waals surface area contributed by atoms with Gasteiger partial charge < -0.3 is 10.1 Å². The summed E-state index contributed by atoms with van der Waals surface area (Å²) < 4.78 is 5.96. The lowest BCUT2D eigenvalue weighted by molar-refractivity contribution is 0.00388. The van der Waals surface area contributed by atoms with Gasteiger partial charge in [0, 0.05) is 31.3 Å². The van der Waals surface area contributed by atoms with Gasteiger partial charge in [-0.05, 0) is 38.0 Å². The summed E-state index contributed by atoms with van der Waals surface area (Å²) in [5.41, 5.74) is 0. The second-order valence-electron chi connectivity index (χ2n) is 7.26. The van der Waals surface area contributed by atoms with Crippen molar-refractivity contribution in [2.75, 3.05) is 13.3 Å². The molecule has 2 saturated carbocycles. The number of hydrogen-bond acceptors (Lipinski definition) is 4. The average molecular weight is 279 g/mol. The number of hydrogen-bond donors (Lipinski definition) is 3. The molecule has 0 aromatic rings. The minimum absolute atomic E-state index is 0.495. The van der Waals surface area contributed by atoms with Gasteiger partial charge in [0.15, 0.2) is 0 Å². The molecule has 114 valence electrons. The van der Waals surface area contributed by atoms with Crippen LogP contribution < -0.4 is 16.0 Å². The summed E-state index contributed by atoms with van der Waals surface area (Å²) in [6, 6.07) is 1.43. The highest BCUT2D eigenvalue weighted by Crippen LogP contribution is 2.39. The molecule has 4 heteroatoms. The molecule has 4 fully saturated rings. The summed E-state index contributed by atoms with van der Waals surface area (Å²) in [5.74, 6) is 1.52. The van der Waals surface area contributed by atoms with Crippen LogP contribution in [0.1, 0.15) is 51.4 Å². The van der Waals surface area contributed by atoms with Crippen LogP contribution in [0.25, 0.3) is 0 Å². The van der Waals surface area contributed by atoms with E-state index in [2.05, 4.69) is 16.0 Å². The molecule has 3 N–H and O–H groups in total. The summed E-state index contributed by atoms with van der Waals surface area (Å²) in [6.45, 7) is 1.95. The molecule has 4 nitrogen and oxygen atoms in total. The highest BCUT2D eigenvalue weighted by atomic mass is 16.5. The van der Waals surface area contributed by atoms with Gasteiger partial charge in [0.2, 0.25) is 0 Å². The van der Waals surface area contributed by atoms with Crippen molar-refractivity contribution in [2.45, 2.75) is 75.7 Å². The lowest BCUT2D eigenvalue weighted by Crippen LogP contribution is -2.66. The van der Waals surface area contributed by atoms with Crippen molar-refractivity contribution in [3.63, 3.8) is 0 Å². The zero-order chi connectivity index (χ0) is 13.4. The molecule has 0 radical (unpaired) electrons. The van der Waals surface area contributed by atoms with Crippen molar-refractivity contribution >= 4 is 0 Å². The Morgan fingerprint density at radius 1 is 0.950 bits per heavy atom. The normalized spacial score (nSPS) is 45.9. The van der Waals surface area contributed by atoms with Gasteiger partial charge in [-0.15, -0.1) is 0 Å². The van der Waals surface area contributed by atoms with Crippen molar-refractivity contribution < 1.29 is 4.74 Å². The Morgan fingerprint density at radius 3 is 2.75 bits per heavy atom. The maximum atomic E-state index is 5.96. The molecule has 0 bridgehead atoms. The predicted molar refractivity (Wildman–Crippen MR) is 79.3 cm³/mol. The smallest absolute Gasteiger partial charge is 0.0628 e. The van der Waals surface area contributed by atoms with E-state index < -0.39 is 0 Å². The Bertz CT molecular complexity index is 332. The van der Waals surface area contributed by atoms with E-state index in [9.17, 15) is 0 Å². The van der Waals surface area contributed by atoms with E-state index in [0.717, 1.165) is 25.2 Å². The molecule has 0 spiro atoms. The molecule has 2 aliphatic carbocycles. The fourth-order valence-corrected chi connectivity index (χ4v) is 4.92. The molecule has 0 amide bonds. The standard InChI is InChI=1S/C16H29N3O/c1-2-4-12(5-3-1)19-16-13-9-15-11(6-7-20-15)8-14(13)17-10-18-16/h11-19H,1-10H2. The van der Waals surface area contributed by atoms with Gasteiger partial charge >= 0.3 is 0 Å². The molecule has 0 aromatic heterocycles. The maximum Gasteiger partial charge on any atom is 0.0628 e. The third-order valence-corrected chi connectivity index (χ3v) is 6.06. The Labute approximate surface area is 122 Å². The Morgan fingerprint density at radius 2 is 1.85 bits per heavy atom. The van der Waals surface area contributed by atoms with Crippen LogP contribution in [0.3, 0.4) is 0 Å². The van der Waals surface area contributed by atoms with Crippen LogP contribution in [0.4, 0.5) is 0 Å². The van der Waals surface area contributed by atoms with Crippen molar-refractivity contribution in [1.29, 1.82) is 0 Å². The SMILES string of the molecule is C1CCC(NC2NCNC3CC4CCOC4CC32)CC1. The van der Waals surface area contributed by atoms with E-state index in [1.807, 2.05) is 0 Å². The highest BCUT2D eigenvalue weighted by molar-refractivity contribution is 4.99. The summed E-state index contributed by atoms with van der Waals surface area (Å²) in [6.07, 6.45) is 11.8. The topological polar surface area (TPSA) is 45.3 Å². The van der Waals surface area contributed by atoms with Gasteiger partial charge in [-0.3, -0.25) is 10.6 Å². The van der Waals surface area contributed by atoms with Gasteiger partial charge in [-0.25, -0.2) is 0 Å². The number of nitrogens with one attached hydrogen (secondary N) is 3. The Balaban J connectivity index is 1.40. The minimum atomic E-state index is 0.495. The van der Waals surface area contributed by atoms with E-state index in [1.54, 1.807) is 0 Å². The van der Waals surface area contributed by atoms with Crippen LogP contribution in [0, 0.1) is 11.8 Å². The number of fused-ring (bicyclic) bond motifs is 2. The maximum absolute atomic E-state index is 5.96. The van der Waals surface area contributed by atoms with Crippen LogP contribution in [-0.4, -0.2) is 37.6 Å². The largest absolute Gasteiger partial charge is 0.378 e. The first-order valence-corrected chi connectivity index (χ1v) is 8.74. The summed E-state index contributed by atoms with van der Waals surface area (Å²) >= 11 is 0. The van der Waals surface area contributed by atoms with E-state index in [0.29, 0.717) is 24.2 Å². The Kier molecular flexibility index (Phi) is 3.99. The van der Waals surface area contributed by atoms with Gasteiger partial charge in [-0.1, -0.05) is 19.3 Å². The van der Waals surface area contributed by atoms with E-state index in [1.165, 1.54) is 51.4 Å². The first-order valence-electron chi connectivity index (χ1n) is 8.74. The fourth-order valence-electron chi connectivity index (χ4n) is 4.92. The molecule has 5 unspecified atom stereocenters. The number of rotatable bonds is 2. The van der Waals surface area contributed by atoms with Crippen molar-refractivity contribution in [3.05, 3.63) is 0 Å². The van der Waals surface area contributed by atoms with Crippen LogP contribution in [0.15, 0.2) is 0 Å². The first kappa shape index (κ1) is 13.5. The molecule has 2 heterocycles. The van der Waals surface area contributed by atoms with E-state index in [4.69, 9.17) is 4.74 Å². The van der Waals surface area contributed by atoms with Gasteiger partial charge in [0.25, 0.3) is 0 Å². The van der Waals surface area contributed by atoms with Gasteiger partial charge in [0.05, 0.1) is 12.3 Å². The molecule has 2 aliphatic heterocycles. The lowest BCUT2D eigenvalue weighted by Gasteiger charge is -2.47. The monoisotopic (exact) mass is 279 g/mol. The van der Waals surface area contributed by atoms with Gasteiger partial charge in [0.1, 0.15) is 0 Å². The van der Waals surface area contributed by atoms with Crippen LogP contribution in [0.2, 0.25) is 0 Å². The van der Waals surface area contributed by atoms with Crippen LogP contribution >= 0.6 is 0 Å².